The second-order valence-corrected chi connectivity index (χ2v) is 5.71. The molecule has 1 aromatic heterocycles. The molecule has 0 aliphatic carbocycles. The maximum atomic E-state index is 11.5. The van der Waals surface area contributed by atoms with Crippen LogP contribution in [0.15, 0.2) is 24.4 Å². The lowest BCUT2D eigenvalue weighted by Gasteiger charge is -2.36. The van der Waals surface area contributed by atoms with Crippen molar-refractivity contribution in [2.45, 2.75) is 6.04 Å². The van der Waals surface area contributed by atoms with Crippen LogP contribution in [0.1, 0.15) is 0 Å². The van der Waals surface area contributed by atoms with E-state index < -0.39 is 0 Å². The largest absolute Gasteiger partial charge is 0.447 e. The minimum Gasteiger partial charge on any atom is -0.447 e. The van der Waals surface area contributed by atoms with E-state index in [1.807, 2.05) is 18.2 Å². The van der Waals surface area contributed by atoms with Gasteiger partial charge >= 0.3 is 6.09 Å². The number of halogens is 1. The fourth-order valence-corrected chi connectivity index (χ4v) is 3.14. The molecule has 2 aliphatic heterocycles. The van der Waals surface area contributed by atoms with Crippen molar-refractivity contribution >= 4 is 34.3 Å². The standard InChI is InChI=1S/C14H13ClN4O2/c15-10-1-2-12-9(5-10)6-16-17-13(12)18-3-4-19-11(7-18)8-21-14(19)20/h1-2,5-6,11H,3-4,7-8H2. The average molecular weight is 305 g/mol. The number of fused-ring (bicyclic) bond motifs is 2. The molecule has 0 bridgehead atoms. The Balaban J connectivity index is 1.69. The molecule has 1 amide bonds. The fourth-order valence-electron chi connectivity index (χ4n) is 2.96. The number of rotatable bonds is 1. The van der Waals surface area contributed by atoms with Crippen LogP contribution in [0.5, 0.6) is 0 Å². The summed E-state index contributed by atoms with van der Waals surface area (Å²) in [6.45, 7) is 2.53. The van der Waals surface area contributed by atoms with Gasteiger partial charge in [-0.3, -0.25) is 4.90 Å². The van der Waals surface area contributed by atoms with Gasteiger partial charge in [-0.2, -0.15) is 5.10 Å². The summed E-state index contributed by atoms with van der Waals surface area (Å²) >= 11 is 6.02. The molecule has 6 nitrogen and oxygen atoms in total. The zero-order chi connectivity index (χ0) is 14.4. The number of cyclic esters (lactones) is 1. The second kappa shape index (κ2) is 4.73. The molecule has 1 unspecified atom stereocenters. The monoisotopic (exact) mass is 304 g/mol. The summed E-state index contributed by atoms with van der Waals surface area (Å²) in [6.07, 6.45) is 1.50. The van der Waals surface area contributed by atoms with Crippen LogP contribution in [0.2, 0.25) is 5.02 Å². The summed E-state index contributed by atoms with van der Waals surface area (Å²) in [5.41, 5.74) is 0. The molecule has 1 aromatic carbocycles. The number of nitrogens with zero attached hydrogens (tertiary/aromatic N) is 4. The highest BCUT2D eigenvalue weighted by Gasteiger charge is 2.38. The quantitative estimate of drug-likeness (QED) is 0.805. The number of amides is 1. The highest BCUT2D eigenvalue weighted by atomic mass is 35.5. The summed E-state index contributed by atoms with van der Waals surface area (Å²) < 4.78 is 5.09. The van der Waals surface area contributed by atoms with Gasteiger partial charge < -0.3 is 9.64 Å². The molecular weight excluding hydrogens is 292 g/mol. The predicted molar refractivity (Wildman–Crippen MR) is 78.6 cm³/mol. The SMILES string of the molecule is O=C1OCC2CN(c3nncc4cc(Cl)ccc34)CCN12. The molecule has 21 heavy (non-hydrogen) atoms. The molecule has 2 aromatic rings. The summed E-state index contributed by atoms with van der Waals surface area (Å²) in [7, 11) is 0. The van der Waals surface area contributed by atoms with E-state index in [4.69, 9.17) is 16.3 Å². The molecule has 0 N–H and O–H groups in total. The molecule has 2 aliphatic rings. The Labute approximate surface area is 126 Å². The van der Waals surface area contributed by atoms with Crippen LogP contribution in [-0.4, -0.2) is 53.5 Å². The molecule has 4 rings (SSSR count). The number of hydrogen-bond acceptors (Lipinski definition) is 5. The molecule has 2 fully saturated rings. The Kier molecular flexibility index (Phi) is 2.85. The zero-order valence-electron chi connectivity index (χ0n) is 11.2. The average Bonchev–Trinajstić information content (AvgIpc) is 2.87. The lowest BCUT2D eigenvalue weighted by Crippen LogP contribution is -2.52. The molecule has 108 valence electrons. The summed E-state index contributed by atoms with van der Waals surface area (Å²) in [6, 6.07) is 5.79. The van der Waals surface area contributed by atoms with E-state index in [9.17, 15) is 4.79 Å². The van der Waals surface area contributed by atoms with Crippen LogP contribution in [0.25, 0.3) is 10.8 Å². The van der Waals surface area contributed by atoms with Gasteiger partial charge in [0.25, 0.3) is 0 Å². The predicted octanol–water partition coefficient (Wildman–Crippen LogP) is 1.92. The molecule has 2 saturated heterocycles. The molecule has 7 heteroatoms. The van der Waals surface area contributed by atoms with E-state index in [0.717, 1.165) is 23.1 Å². The molecule has 0 saturated carbocycles. The van der Waals surface area contributed by atoms with Gasteiger partial charge in [0.15, 0.2) is 5.82 Å². The van der Waals surface area contributed by atoms with Gasteiger partial charge in [0.1, 0.15) is 6.61 Å². The van der Waals surface area contributed by atoms with Crippen LogP contribution in [0, 0.1) is 0 Å². The lowest BCUT2D eigenvalue weighted by atomic mass is 10.1. The van der Waals surface area contributed by atoms with Crippen LogP contribution in [0.3, 0.4) is 0 Å². The Hall–Kier alpha value is -2.08. The topological polar surface area (TPSA) is 58.6 Å². The van der Waals surface area contributed by atoms with Gasteiger partial charge in [-0.25, -0.2) is 4.79 Å². The van der Waals surface area contributed by atoms with Gasteiger partial charge in [0, 0.05) is 35.4 Å². The van der Waals surface area contributed by atoms with Gasteiger partial charge in [0.05, 0.1) is 12.2 Å². The van der Waals surface area contributed by atoms with Crippen LogP contribution >= 0.6 is 11.6 Å². The van der Waals surface area contributed by atoms with Crippen molar-refractivity contribution in [1.29, 1.82) is 0 Å². The number of anilines is 1. The van der Waals surface area contributed by atoms with Gasteiger partial charge in [-0.1, -0.05) is 11.6 Å². The van der Waals surface area contributed by atoms with Crippen molar-refractivity contribution in [3.63, 3.8) is 0 Å². The van der Waals surface area contributed by atoms with Crippen molar-refractivity contribution in [2.75, 3.05) is 31.1 Å². The maximum absolute atomic E-state index is 11.5. The van der Waals surface area contributed by atoms with E-state index in [-0.39, 0.29) is 12.1 Å². The first-order chi connectivity index (χ1) is 10.2. The summed E-state index contributed by atoms with van der Waals surface area (Å²) in [5, 5.41) is 11.0. The summed E-state index contributed by atoms with van der Waals surface area (Å²) in [4.78, 5) is 15.5. The molecule has 1 atom stereocenters. The number of piperazine rings is 1. The second-order valence-electron chi connectivity index (χ2n) is 5.27. The van der Waals surface area contributed by atoms with Crippen molar-refractivity contribution in [3.05, 3.63) is 29.4 Å². The first kappa shape index (κ1) is 12.6. The van der Waals surface area contributed by atoms with Crippen molar-refractivity contribution in [2.24, 2.45) is 0 Å². The Bertz CT molecular complexity index is 723. The fraction of sp³-hybridized carbons (Fsp3) is 0.357. The first-order valence-corrected chi connectivity index (χ1v) is 7.19. The summed E-state index contributed by atoms with van der Waals surface area (Å²) in [5.74, 6) is 0.836. The van der Waals surface area contributed by atoms with Crippen LogP contribution in [0.4, 0.5) is 10.6 Å². The Morgan fingerprint density at radius 1 is 1.33 bits per heavy atom. The van der Waals surface area contributed by atoms with Gasteiger partial charge in [-0.15, -0.1) is 5.10 Å². The van der Waals surface area contributed by atoms with Crippen molar-refractivity contribution < 1.29 is 9.53 Å². The van der Waals surface area contributed by atoms with Crippen molar-refractivity contribution in [1.82, 2.24) is 15.1 Å². The maximum Gasteiger partial charge on any atom is 0.410 e. The van der Waals surface area contributed by atoms with E-state index in [1.54, 1.807) is 11.1 Å². The zero-order valence-corrected chi connectivity index (χ0v) is 12.0. The Morgan fingerprint density at radius 2 is 2.24 bits per heavy atom. The molecule has 0 radical (unpaired) electrons. The number of hydrogen-bond donors (Lipinski definition) is 0. The third-order valence-corrected chi connectivity index (χ3v) is 4.25. The highest BCUT2D eigenvalue weighted by Crippen LogP contribution is 2.28. The first-order valence-electron chi connectivity index (χ1n) is 6.82. The lowest BCUT2D eigenvalue weighted by molar-refractivity contribution is 0.157. The van der Waals surface area contributed by atoms with Crippen LogP contribution < -0.4 is 4.90 Å². The molecular formula is C14H13ClN4O2. The number of ether oxygens (including phenoxy) is 1. The van der Waals surface area contributed by atoms with Gasteiger partial charge in [0.2, 0.25) is 0 Å². The van der Waals surface area contributed by atoms with Crippen LogP contribution in [-0.2, 0) is 4.74 Å². The third kappa shape index (κ3) is 2.06. The minimum absolute atomic E-state index is 0.0932. The van der Waals surface area contributed by atoms with Crippen molar-refractivity contribution in [3.8, 4) is 0 Å². The van der Waals surface area contributed by atoms with E-state index in [2.05, 4.69) is 15.1 Å². The third-order valence-electron chi connectivity index (χ3n) is 4.02. The smallest absolute Gasteiger partial charge is 0.410 e. The minimum atomic E-state index is -0.213. The molecule has 0 spiro atoms. The van der Waals surface area contributed by atoms with Gasteiger partial charge in [-0.05, 0) is 18.2 Å². The van der Waals surface area contributed by atoms with E-state index in [1.165, 1.54) is 0 Å². The number of carbonyl (C=O) groups is 1. The molecule has 3 heterocycles. The number of aromatic nitrogens is 2. The number of benzene rings is 1. The Morgan fingerprint density at radius 3 is 3.14 bits per heavy atom. The van der Waals surface area contributed by atoms with E-state index in [0.29, 0.717) is 24.7 Å². The highest BCUT2D eigenvalue weighted by molar-refractivity contribution is 6.31. The van der Waals surface area contributed by atoms with E-state index >= 15 is 0 Å². The normalized spacial score (nSPS) is 21.6. The number of carbonyl (C=O) groups excluding carboxylic acids is 1.